The summed E-state index contributed by atoms with van der Waals surface area (Å²) < 4.78 is 0. The Morgan fingerprint density at radius 2 is 2.16 bits per heavy atom. The quantitative estimate of drug-likeness (QED) is 0.774. The molecule has 0 aromatic heterocycles. The Balaban J connectivity index is 2.52. The first-order chi connectivity index (χ1) is 9.12. The van der Waals surface area contributed by atoms with Crippen LogP contribution in [0.25, 0.3) is 0 Å². The van der Waals surface area contributed by atoms with Gasteiger partial charge in [-0.05, 0) is 30.0 Å². The number of rotatable bonds is 3. The van der Waals surface area contributed by atoms with Gasteiger partial charge in [0.05, 0.1) is 5.69 Å². The summed E-state index contributed by atoms with van der Waals surface area (Å²) in [5, 5.41) is 0.728. The van der Waals surface area contributed by atoms with Crippen molar-refractivity contribution in [1.29, 1.82) is 0 Å². The molecule has 0 bridgehead atoms. The molecule has 1 saturated heterocycles. The van der Waals surface area contributed by atoms with Crippen molar-refractivity contribution in [3.05, 3.63) is 28.3 Å². The van der Waals surface area contributed by atoms with Crippen LogP contribution in [0.3, 0.4) is 0 Å². The number of carbonyl (C=O) groups is 1. The molecule has 1 fully saturated rings. The molecule has 2 nitrogen and oxygen atoms in total. The Morgan fingerprint density at radius 1 is 1.42 bits per heavy atom. The summed E-state index contributed by atoms with van der Waals surface area (Å²) in [6.07, 6.45) is 7.58. The van der Waals surface area contributed by atoms with E-state index in [-0.39, 0.29) is 11.8 Å². The highest BCUT2D eigenvalue weighted by atomic mass is 35.5. The molecule has 19 heavy (non-hydrogen) atoms. The first-order valence-electron chi connectivity index (χ1n) is 6.69. The topological polar surface area (TPSA) is 20.3 Å². The maximum Gasteiger partial charge on any atom is 0.228 e. The van der Waals surface area contributed by atoms with Crippen LogP contribution in [0.15, 0.2) is 12.1 Å². The van der Waals surface area contributed by atoms with Gasteiger partial charge >= 0.3 is 0 Å². The lowest BCUT2D eigenvalue weighted by atomic mass is 10.0. The van der Waals surface area contributed by atoms with Crippen LogP contribution in [0.5, 0.6) is 0 Å². The summed E-state index contributed by atoms with van der Waals surface area (Å²) in [6.45, 7) is 4.75. The molecule has 3 heteroatoms. The van der Waals surface area contributed by atoms with E-state index in [4.69, 9.17) is 18.0 Å². The zero-order valence-electron chi connectivity index (χ0n) is 11.4. The highest BCUT2D eigenvalue weighted by Crippen LogP contribution is 2.35. The minimum absolute atomic E-state index is 0.0147. The SMILES string of the molecule is C#CC1CC(=O)N(c2c(CC)ccc(Cl)c2CC)C1. The Kier molecular flexibility index (Phi) is 4.17. The van der Waals surface area contributed by atoms with E-state index in [1.165, 1.54) is 0 Å². The van der Waals surface area contributed by atoms with Crippen molar-refractivity contribution in [2.75, 3.05) is 11.4 Å². The average molecular weight is 276 g/mol. The molecular formula is C16H18ClNO. The van der Waals surface area contributed by atoms with Crippen molar-refractivity contribution in [2.45, 2.75) is 33.1 Å². The van der Waals surface area contributed by atoms with Gasteiger partial charge in [-0.1, -0.05) is 31.5 Å². The van der Waals surface area contributed by atoms with Gasteiger partial charge in [0.25, 0.3) is 0 Å². The summed E-state index contributed by atoms with van der Waals surface area (Å²) >= 11 is 6.28. The predicted molar refractivity (Wildman–Crippen MR) is 79.5 cm³/mol. The van der Waals surface area contributed by atoms with Crippen molar-refractivity contribution in [3.8, 4) is 12.3 Å². The van der Waals surface area contributed by atoms with E-state index in [0.717, 1.165) is 34.7 Å². The number of carbonyl (C=O) groups excluding carboxylic acids is 1. The third-order valence-electron chi connectivity index (χ3n) is 3.67. The highest BCUT2D eigenvalue weighted by molar-refractivity contribution is 6.32. The average Bonchev–Trinajstić information content (AvgIpc) is 2.79. The lowest BCUT2D eigenvalue weighted by Crippen LogP contribution is -2.27. The van der Waals surface area contributed by atoms with Gasteiger partial charge in [0.15, 0.2) is 0 Å². The van der Waals surface area contributed by atoms with Crippen molar-refractivity contribution in [3.63, 3.8) is 0 Å². The molecular weight excluding hydrogens is 258 g/mol. The second-order valence-corrected chi connectivity index (χ2v) is 5.22. The first kappa shape index (κ1) is 14.0. The van der Waals surface area contributed by atoms with Crippen LogP contribution in [0.1, 0.15) is 31.4 Å². The standard InChI is InChI=1S/C16H18ClNO/c1-4-11-9-15(19)18(10-11)16-12(5-2)7-8-14(17)13(16)6-3/h1,7-8,11H,5-6,9-10H2,2-3H3. The largest absolute Gasteiger partial charge is 0.311 e. The fraction of sp³-hybridized carbons (Fsp3) is 0.438. The summed E-state index contributed by atoms with van der Waals surface area (Å²) in [5.41, 5.74) is 3.19. The lowest BCUT2D eigenvalue weighted by molar-refractivity contribution is -0.117. The van der Waals surface area contributed by atoms with Crippen LogP contribution in [0.2, 0.25) is 5.02 Å². The fourth-order valence-electron chi connectivity index (χ4n) is 2.65. The molecule has 2 rings (SSSR count). The van der Waals surface area contributed by atoms with E-state index in [2.05, 4.69) is 19.8 Å². The van der Waals surface area contributed by atoms with Crippen molar-refractivity contribution in [2.24, 2.45) is 5.92 Å². The van der Waals surface area contributed by atoms with E-state index in [1.54, 1.807) is 0 Å². The molecule has 1 atom stereocenters. The van der Waals surface area contributed by atoms with E-state index in [0.29, 0.717) is 13.0 Å². The number of nitrogens with zero attached hydrogens (tertiary/aromatic N) is 1. The molecule has 1 amide bonds. The first-order valence-corrected chi connectivity index (χ1v) is 7.06. The molecule has 1 aliphatic rings. The van der Waals surface area contributed by atoms with Crippen LogP contribution in [-0.2, 0) is 17.6 Å². The van der Waals surface area contributed by atoms with Crippen LogP contribution in [0.4, 0.5) is 5.69 Å². The molecule has 0 aliphatic carbocycles. The number of aryl methyl sites for hydroxylation is 1. The van der Waals surface area contributed by atoms with Gasteiger partial charge in [-0.15, -0.1) is 12.3 Å². The van der Waals surface area contributed by atoms with Crippen LogP contribution >= 0.6 is 11.6 Å². The molecule has 0 radical (unpaired) electrons. The minimum atomic E-state index is 0.0147. The number of amides is 1. The number of halogens is 1. The normalized spacial score (nSPS) is 18.7. The maximum absolute atomic E-state index is 12.2. The number of hydrogen-bond acceptors (Lipinski definition) is 1. The molecule has 1 aliphatic heterocycles. The molecule has 100 valence electrons. The van der Waals surface area contributed by atoms with Crippen molar-refractivity contribution < 1.29 is 4.79 Å². The summed E-state index contributed by atoms with van der Waals surface area (Å²) in [6, 6.07) is 3.93. The summed E-state index contributed by atoms with van der Waals surface area (Å²) in [7, 11) is 0. The zero-order valence-corrected chi connectivity index (χ0v) is 12.1. The van der Waals surface area contributed by atoms with Crippen LogP contribution in [-0.4, -0.2) is 12.5 Å². The van der Waals surface area contributed by atoms with Gasteiger partial charge in [-0.3, -0.25) is 4.79 Å². The molecule has 0 spiro atoms. The van der Waals surface area contributed by atoms with Gasteiger partial charge in [0, 0.05) is 23.9 Å². The van der Waals surface area contributed by atoms with Gasteiger partial charge < -0.3 is 4.90 Å². The van der Waals surface area contributed by atoms with Crippen molar-refractivity contribution in [1.82, 2.24) is 0 Å². The molecule has 1 aromatic rings. The maximum atomic E-state index is 12.2. The van der Waals surface area contributed by atoms with E-state index < -0.39 is 0 Å². The highest BCUT2D eigenvalue weighted by Gasteiger charge is 2.32. The third-order valence-corrected chi connectivity index (χ3v) is 4.03. The number of terminal acetylenes is 1. The summed E-state index contributed by atoms with van der Waals surface area (Å²) in [5.74, 6) is 2.81. The Hall–Kier alpha value is -1.46. The number of hydrogen-bond donors (Lipinski definition) is 0. The number of anilines is 1. The Labute approximate surface area is 119 Å². The van der Waals surface area contributed by atoms with Gasteiger partial charge in [-0.2, -0.15) is 0 Å². The second kappa shape index (κ2) is 5.67. The Bertz CT molecular complexity index is 544. The number of benzene rings is 1. The van der Waals surface area contributed by atoms with E-state index >= 15 is 0 Å². The smallest absolute Gasteiger partial charge is 0.228 e. The monoisotopic (exact) mass is 275 g/mol. The van der Waals surface area contributed by atoms with E-state index in [9.17, 15) is 4.79 Å². The van der Waals surface area contributed by atoms with E-state index in [1.807, 2.05) is 17.0 Å². The zero-order chi connectivity index (χ0) is 14.0. The van der Waals surface area contributed by atoms with Gasteiger partial charge in [0.1, 0.15) is 0 Å². The second-order valence-electron chi connectivity index (χ2n) is 4.81. The van der Waals surface area contributed by atoms with Crippen LogP contribution in [0, 0.1) is 18.3 Å². The molecule has 1 heterocycles. The summed E-state index contributed by atoms with van der Waals surface area (Å²) in [4.78, 5) is 14.0. The van der Waals surface area contributed by atoms with Gasteiger partial charge in [-0.25, -0.2) is 0 Å². The van der Waals surface area contributed by atoms with Crippen LogP contribution < -0.4 is 4.90 Å². The lowest BCUT2D eigenvalue weighted by Gasteiger charge is -2.24. The minimum Gasteiger partial charge on any atom is -0.311 e. The third kappa shape index (κ3) is 2.48. The molecule has 0 saturated carbocycles. The van der Waals surface area contributed by atoms with Crippen molar-refractivity contribution >= 4 is 23.2 Å². The Morgan fingerprint density at radius 3 is 2.68 bits per heavy atom. The fourth-order valence-corrected chi connectivity index (χ4v) is 2.94. The molecule has 1 aromatic carbocycles. The molecule has 1 unspecified atom stereocenters. The predicted octanol–water partition coefficient (Wildman–Crippen LogP) is 3.45. The van der Waals surface area contributed by atoms with Gasteiger partial charge in [0.2, 0.25) is 5.91 Å². The molecule has 0 N–H and O–H groups in total.